The summed E-state index contributed by atoms with van der Waals surface area (Å²) < 4.78 is 0. The monoisotopic (exact) mass is 284 g/mol. The number of thiazole rings is 1. The molecule has 0 amide bonds. The summed E-state index contributed by atoms with van der Waals surface area (Å²) >= 11 is 1.41. The Hall–Kier alpha value is -2.40. The number of carbonyl (C=O) groups is 1. The summed E-state index contributed by atoms with van der Waals surface area (Å²) in [6.45, 7) is 0. The summed E-state index contributed by atoms with van der Waals surface area (Å²) in [5, 5.41) is 16.7. The predicted molar refractivity (Wildman–Crippen MR) is 80.7 cm³/mol. The second kappa shape index (κ2) is 5.30. The molecule has 0 aliphatic carbocycles. The van der Waals surface area contributed by atoms with Gasteiger partial charge in [-0.15, -0.1) is 11.3 Å². The van der Waals surface area contributed by atoms with Crippen molar-refractivity contribution in [3.63, 3.8) is 0 Å². The number of aliphatic carboxylic acids is 1. The number of nitrogens with zero attached hydrogens (tertiary/aromatic N) is 1. The van der Waals surface area contributed by atoms with Gasteiger partial charge in [-0.3, -0.25) is 4.79 Å². The van der Waals surface area contributed by atoms with Crippen LogP contribution in [-0.4, -0.2) is 16.1 Å². The summed E-state index contributed by atoms with van der Waals surface area (Å²) in [6, 6.07) is 14.1. The van der Waals surface area contributed by atoms with Gasteiger partial charge < -0.3 is 10.4 Å². The van der Waals surface area contributed by atoms with E-state index in [-0.39, 0.29) is 6.42 Å². The molecule has 0 fully saturated rings. The van der Waals surface area contributed by atoms with Crippen LogP contribution in [-0.2, 0) is 11.2 Å². The van der Waals surface area contributed by atoms with E-state index in [1.807, 2.05) is 30.3 Å². The van der Waals surface area contributed by atoms with E-state index in [0.717, 1.165) is 16.5 Å². The molecule has 3 rings (SSSR count). The highest BCUT2D eigenvalue weighted by molar-refractivity contribution is 7.13. The molecule has 0 aliphatic heterocycles. The van der Waals surface area contributed by atoms with Crippen LogP contribution < -0.4 is 5.32 Å². The zero-order valence-electron chi connectivity index (χ0n) is 10.5. The molecule has 20 heavy (non-hydrogen) atoms. The van der Waals surface area contributed by atoms with Crippen LogP contribution in [0.3, 0.4) is 0 Å². The van der Waals surface area contributed by atoms with Crippen LogP contribution in [0.2, 0.25) is 0 Å². The number of aromatic nitrogens is 1. The highest BCUT2D eigenvalue weighted by atomic mass is 32.1. The van der Waals surface area contributed by atoms with Crippen molar-refractivity contribution >= 4 is 38.9 Å². The lowest BCUT2D eigenvalue weighted by molar-refractivity contribution is -0.136. The van der Waals surface area contributed by atoms with Crippen LogP contribution in [0.4, 0.5) is 10.8 Å². The molecule has 3 aromatic rings. The Kier molecular flexibility index (Phi) is 3.35. The normalized spacial score (nSPS) is 10.6. The van der Waals surface area contributed by atoms with Crippen LogP contribution in [0.25, 0.3) is 10.8 Å². The average molecular weight is 284 g/mol. The Balaban J connectivity index is 1.89. The van der Waals surface area contributed by atoms with E-state index in [1.54, 1.807) is 5.38 Å². The van der Waals surface area contributed by atoms with Crippen molar-refractivity contribution in [2.24, 2.45) is 0 Å². The standard InChI is InChI=1S/C15H12N2O2S/c18-14(19)8-11-9-20-15(16-11)17-13-7-3-5-10-4-1-2-6-12(10)13/h1-7,9H,8H2,(H,16,17)(H,18,19). The molecule has 0 saturated carbocycles. The average Bonchev–Trinajstić information content (AvgIpc) is 2.86. The van der Waals surface area contributed by atoms with Crippen molar-refractivity contribution in [2.75, 3.05) is 5.32 Å². The number of carboxylic acid groups (broad SMARTS) is 1. The first kappa shape index (κ1) is 12.6. The second-order valence-electron chi connectivity index (χ2n) is 4.37. The lowest BCUT2D eigenvalue weighted by Gasteiger charge is -2.06. The minimum absolute atomic E-state index is 0.0479. The lowest BCUT2D eigenvalue weighted by atomic mass is 10.1. The van der Waals surface area contributed by atoms with Crippen LogP contribution in [0.1, 0.15) is 5.69 Å². The van der Waals surface area contributed by atoms with Crippen molar-refractivity contribution < 1.29 is 9.90 Å². The van der Waals surface area contributed by atoms with E-state index >= 15 is 0 Å². The number of carboxylic acids is 1. The van der Waals surface area contributed by atoms with E-state index in [9.17, 15) is 4.79 Å². The Morgan fingerprint density at radius 2 is 2.00 bits per heavy atom. The minimum atomic E-state index is -0.869. The number of anilines is 2. The molecule has 0 radical (unpaired) electrons. The molecule has 5 heteroatoms. The first-order valence-electron chi connectivity index (χ1n) is 6.13. The van der Waals surface area contributed by atoms with Gasteiger partial charge in [0.2, 0.25) is 0 Å². The molecule has 0 aliphatic rings. The first-order valence-corrected chi connectivity index (χ1v) is 7.01. The fourth-order valence-electron chi connectivity index (χ4n) is 2.05. The topological polar surface area (TPSA) is 62.2 Å². The number of nitrogens with one attached hydrogen (secondary N) is 1. The number of hydrogen-bond acceptors (Lipinski definition) is 4. The lowest BCUT2D eigenvalue weighted by Crippen LogP contribution is -2.00. The van der Waals surface area contributed by atoms with Gasteiger partial charge in [-0.25, -0.2) is 4.98 Å². The highest BCUT2D eigenvalue weighted by Crippen LogP contribution is 2.27. The zero-order valence-corrected chi connectivity index (χ0v) is 11.4. The molecule has 1 aromatic heterocycles. The van der Waals surface area contributed by atoms with Crippen molar-refractivity contribution in [3.8, 4) is 0 Å². The smallest absolute Gasteiger partial charge is 0.309 e. The van der Waals surface area contributed by atoms with Gasteiger partial charge in [0, 0.05) is 16.5 Å². The van der Waals surface area contributed by atoms with Crippen LogP contribution >= 0.6 is 11.3 Å². The molecule has 0 spiro atoms. The molecule has 0 unspecified atom stereocenters. The number of fused-ring (bicyclic) bond motifs is 1. The zero-order chi connectivity index (χ0) is 13.9. The van der Waals surface area contributed by atoms with Gasteiger partial charge in [-0.1, -0.05) is 36.4 Å². The van der Waals surface area contributed by atoms with E-state index in [1.165, 1.54) is 11.3 Å². The largest absolute Gasteiger partial charge is 0.481 e. The van der Waals surface area contributed by atoms with Gasteiger partial charge in [0.05, 0.1) is 12.1 Å². The minimum Gasteiger partial charge on any atom is -0.481 e. The maximum Gasteiger partial charge on any atom is 0.309 e. The third-order valence-corrected chi connectivity index (χ3v) is 3.72. The number of hydrogen-bond donors (Lipinski definition) is 2. The molecule has 2 aromatic carbocycles. The van der Waals surface area contributed by atoms with Gasteiger partial charge in [-0.05, 0) is 11.5 Å². The van der Waals surface area contributed by atoms with E-state index in [2.05, 4.69) is 22.4 Å². The summed E-state index contributed by atoms with van der Waals surface area (Å²) in [5.41, 5.74) is 1.55. The second-order valence-corrected chi connectivity index (χ2v) is 5.22. The molecule has 0 bridgehead atoms. The summed E-state index contributed by atoms with van der Waals surface area (Å²) in [4.78, 5) is 14.9. The molecule has 2 N–H and O–H groups in total. The van der Waals surface area contributed by atoms with Crippen LogP contribution in [0, 0.1) is 0 Å². The van der Waals surface area contributed by atoms with Crippen molar-refractivity contribution in [1.82, 2.24) is 4.98 Å². The highest BCUT2D eigenvalue weighted by Gasteiger charge is 2.07. The molecule has 1 heterocycles. The summed E-state index contributed by atoms with van der Waals surface area (Å²) in [7, 11) is 0. The maximum absolute atomic E-state index is 10.7. The Morgan fingerprint density at radius 1 is 1.20 bits per heavy atom. The third-order valence-electron chi connectivity index (χ3n) is 2.92. The Labute approximate surface area is 119 Å². The van der Waals surface area contributed by atoms with E-state index in [0.29, 0.717) is 10.8 Å². The third kappa shape index (κ3) is 2.62. The van der Waals surface area contributed by atoms with Crippen molar-refractivity contribution in [2.45, 2.75) is 6.42 Å². The van der Waals surface area contributed by atoms with Gasteiger partial charge >= 0.3 is 5.97 Å². The molecule has 100 valence electrons. The SMILES string of the molecule is O=C(O)Cc1csc(Nc2cccc3ccccc23)n1. The van der Waals surface area contributed by atoms with Gasteiger partial charge in [0.15, 0.2) is 5.13 Å². The van der Waals surface area contributed by atoms with Crippen molar-refractivity contribution in [3.05, 3.63) is 53.5 Å². The van der Waals surface area contributed by atoms with Gasteiger partial charge in [-0.2, -0.15) is 0 Å². The van der Waals surface area contributed by atoms with Crippen LogP contribution in [0.15, 0.2) is 47.8 Å². The molecule has 0 atom stereocenters. The molecule has 0 saturated heterocycles. The fraction of sp³-hybridized carbons (Fsp3) is 0.0667. The van der Waals surface area contributed by atoms with Crippen molar-refractivity contribution in [1.29, 1.82) is 0 Å². The maximum atomic E-state index is 10.7. The summed E-state index contributed by atoms with van der Waals surface area (Å²) in [5.74, 6) is -0.869. The quantitative estimate of drug-likeness (QED) is 0.767. The fourth-order valence-corrected chi connectivity index (χ4v) is 2.77. The van der Waals surface area contributed by atoms with Gasteiger partial charge in [0.25, 0.3) is 0 Å². The van der Waals surface area contributed by atoms with Gasteiger partial charge in [0.1, 0.15) is 0 Å². The number of rotatable bonds is 4. The Bertz CT molecular complexity index is 762. The van der Waals surface area contributed by atoms with Crippen LogP contribution in [0.5, 0.6) is 0 Å². The molecular weight excluding hydrogens is 272 g/mol. The van der Waals surface area contributed by atoms with E-state index < -0.39 is 5.97 Å². The number of benzene rings is 2. The summed E-state index contributed by atoms with van der Waals surface area (Å²) in [6.07, 6.45) is -0.0479. The molecular formula is C15H12N2O2S. The first-order chi connectivity index (χ1) is 9.72. The van der Waals surface area contributed by atoms with E-state index in [4.69, 9.17) is 5.11 Å². The Morgan fingerprint density at radius 3 is 2.85 bits per heavy atom. The molecule has 4 nitrogen and oxygen atoms in total. The predicted octanol–water partition coefficient (Wildman–Crippen LogP) is 3.67.